The quantitative estimate of drug-likeness (QED) is 0.441. The summed E-state index contributed by atoms with van der Waals surface area (Å²) in [5.74, 6) is 1.65. The van der Waals surface area contributed by atoms with Crippen molar-refractivity contribution in [2.45, 2.75) is 33.3 Å². The number of nitrogens with one attached hydrogen (secondary N) is 1. The predicted molar refractivity (Wildman–Crippen MR) is 114 cm³/mol. The minimum absolute atomic E-state index is 0.0165. The molecule has 0 unspecified atom stereocenters. The Morgan fingerprint density at radius 1 is 1.25 bits per heavy atom. The van der Waals surface area contributed by atoms with Crippen molar-refractivity contribution in [3.63, 3.8) is 0 Å². The van der Waals surface area contributed by atoms with Crippen molar-refractivity contribution in [2.24, 2.45) is 5.10 Å². The van der Waals surface area contributed by atoms with Gasteiger partial charge < -0.3 is 14.2 Å². The molecule has 1 N–H and O–H groups in total. The van der Waals surface area contributed by atoms with Gasteiger partial charge in [0.05, 0.1) is 30.5 Å². The third-order valence-electron chi connectivity index (χ3n) is 3.57. The van der Waals surface area contributed by atoms with Crippen molar-refractivity contribution in [1.29, 1.82) is 0 Å². The van der Waals surface area contributed by atoms with Crippen molar-refractivity contribution >= 4 is 28.1 Å². The molecule has 6 nitrogen and oxygen atoms in total. The Morgan fingerprint density at radius 3 is 2.57 bits per heavy atom. The van der Waals surface area contributed by atoms with Crippen LogP contribution >= 0.6 is 15.9 Å². The molecule has 0 fully saturated rings. The van der Waals surface area contributed by atoms with E-state index in [9.17, 15) is 4.79 Å². The van der Waals surface area contributed by atoms with E-state index < -0.39 is 0 Å². The zero-order chi connectivity index (χ0) is 20.5. The maximum atomic E-state index is 12.2. The Balaban J connectivity index is 2.03. The fourth-order valence-corrected chi connectivity index (χ4v) is 2.87. The summed E-state index contributed by atoms with van der Waals surface area (Å²) >= 11 is 3.48. The van der Waals surface area contributed by atoms with Gasteiger partial charge in [-0.15, -0.1) is 0 Å². The fourth-order valence-electron chi connectivity index (χ4n) is 2.32. The summed E-state index contributed by atoms with van der Waals surface area (Å²) in [5.41, 5.74) is 3.77. The number of halogens is 1. The van der Waals surface area contributed by atoms with E-state index in [1.54, 1.807) is 43.7 Å². The Hall–Kier alpha value is -2.54. The number of carbonyl (C=O) groups excluding carboxylic acids is 1. The Labute approximate surface area is 174 Å². The molecular weight excluding hydrogens is 424 g/mol. The zero-order valence-electron chi connectivity index (χ0n) is 16.5. The number of nitrogens with zero attached hydrogens (tertiary/aromatic N) is 1. The summed E-state index contributed by atoms with van der Waals surface area (Å²) in [4.78, 5) is 12.2. The molecule has 0 aliphatic carbocycles. The van der Waals surface area contributed by atoms with E-state index in [1.165, 1.54) is 0 Å². The maximum absolute atomic E-state index is 12.2. The normalized spacial score (nSPS) is 10.9. The van der Waals surface area contributed by atoms with Crippen molar-refractivity contribution in [1.82, 2.24) is 5.43 Å². The van der Waals surface area contributed by atoms with E-state index in [2.05, 4.69) is 26.5 Å². The highest BCUT2D eigenvalue weighted by Gasteiger charge is 2.12. The second-order valence-corrected chi connectivity index (χ2v) is 7.13. The van der Waals surface area contributed by atoms with E-state index in [-0.39, 0.29) is 12.0 Å². The molecule has 150 valence electrons. The Bertz CT molecular complexity index is 820. The zero-order valence-corrected chi connectivity index (χ0v) is 18.1. The SMILES string of the molecule is CCCOc1ccc(C(=O)N/N=C\c2cc(Br)c(OC(C)C)c(OC)c2)cc1. The summed E-state index contributed by atoms with van der Waals surface area (Å²) in [6.07, 6.45) is 2.49. The van der Waals surface area contributed by atoms with E-state index in [1.807, 2.05) is 26.8 Å². The molecule has 0 aliphatic heterocycles. The molecule has 2 rings (SSSR count). The van der Waals surface area contributed by atoms with Gasteiger partial charge >= 0.3 is 0 Å². The Morgan fingerprint density at radius 2 is 1.96 bits per heavy atom. The van der Waals surface area contributed by atoms with E-state index in [0.29, 0.717) is 23.7 Å². The van der Waals surface area contributed by atoms with Crippen LogP contribution in [0.1, 0.15) is 43.1 Å². The molecule has 2 aromatic carbocycles. The summed E-state index contributed by atoms with van der Waals surface area (Å²) < 4.78 is 17.4. The van der Waals surface area contributed by atoms with Crippen LogP contribution in [0.3, 0.4) is 0 Å². The molecule has 0 atom stereocenters. The van der Waals surface area contributed by atoms with Crippen molar-refractivity contribution in [3.05, 3.63) is 52.0 Å². The lowest BCUT2D eigenvalue weighted by molar-refractivity contribution is 0.0955. The average molecular weight is 449 g/mol. The van der Waals surface area contributed by atoms with Crippen LogP contribution in [-0.2, 0) is 0 Å². The minimum atomic E-state index is -0.302. The monoisotopic (exact) mass is 448 g/mol. The van der Waals surface area contributed by atoms with Crippen LogP contribution in [0.4, 0.5) is 0 Å². The molecule has 0 heterocycles. The number of benzene rings is 2. The standard InChI is InChI=1S/C21H25BrN2O4/c1-5-10-27-17-8-6-16(7-9-17)21(25)24-23-13-15-11-18(22)20(28-14(2)3)19(12-15)26-4/h6-9,11-14H,5,10H2,1-4H3,(H,24,25)/b23-13-. The second kappa shape index (κ2) is 10.7. The number of hydrogen-bond donors (Lipinski definition) is 1. The van der Waals surface area contributed by atoms with Gasteiger partial charge in [0, 0.05) is 5.56 Å². The number of amides is 1. The van der Waals surface area contributed by atoms with Crippen LogP contribution in [0.15, 0.2) is 46.0 Å². The largest absolute Gasteiger partial charge is 0.494 e. The predicted octanol–water partition coefficient (Wildman–Crippen LogP) is 4.80. The van der Waals surface area contributed by atoms with Crippen molar-refractivity contribution in [3.8, 4) is 17.2 Å². The molecule has 0 saturated heterocycles. The first-order valence-corrected chi connectivity index (χ1v) is 9.84. The summed E-state index contributed by atoms with van der Waals surface area (Å²) in [6.45, 7) is 6.58. The maximum Gasteiger partial charge on any atom is 0.271 e. The Kier molecular flexibility index (Phi) is 8.32. The van der Waals surface area contributed by atoms with Gasteiger partial charge in [-0.3, -0.25) is 4.79 Å². The number of hydrogen-bond acceptors (Lipinski definition) is 5. The summed E-state index contributed by atoms with van der Waals surface area (Å²) in [6, 6.07) is 10.6. The van der Waals surface area contributed by atoms with Gasteiger partial charge in [-0.2, -0.15) is 5.10 Å². The molecule has 28 heavy (non-hydrogen) atoms. The van der Waals surface area contributed by atoms with E-state index in [0.717, 1.165) is 22.2 Å². The second-order valence-electron chi connectivity index (χ2n) is 6.27. The highest BCUT2D eigenvalue weighted by molar-refractivity contribution is 9.10. The molecule has 0 spiro atoms. The van der Waals surface area contributed by atoms with Gasteiger partial charge in [0.2, 0.25) is 0 Å². The van der Waals surface area contributed by atoms with E-state index in [4.69, 9.17) is 14.2 Å². The van der Waals surface area contributed by atoms with Gasteiger partial charge in [0.1, 0.15) is 5.75 Å². The van der Waals surface area contributed by atoms with E-state index >= 15 is 0 Å². The molecule has 7 heteroatoms. The van der Waals surface area contributed by atoms with Crippen molar-refractivity contribution < 1.29 is 19.0 Å². The molecule has 2 aromatic rings. The lowest BCUT2D eigenvalue weighted by Gasteiger charge is -2.15. The van der Waals surface area contributed by atoms with Crippen LogP contribution in [-0.4, -0.2) is 31.9 Å². The fraction of sp³-hybridized carbons (Fsp3) is 0.333. The molecule has 0 saturated carbocycles. The first-order valence-electron chi connectivity index (χ1n) is 9.05. The van der Waals surface area contributed by atoms with Gasteiger partial charge in [-0.25, -0.2) is 5.43 Å². The molecule has 0 aromatic heterocycles. The summed E-state index contributed by atoms with van der Waals surface area (Å²) in [7, 11) is 1.57. The number of rotatable bonds is 9. The van der Waals surface area contributed by atoms with Crippen LogP contribution in [0.2, 0.25) is 0 Å². The molecular formula is C21H25BrN2O4. The van der Waals surface area contributed by atoms with Crippen LogP contribution < -0.4 is 19.6 Å². The van der Waals surface area contributed by atoms with Gasteiger partial charge in [-0.1, -0.05) is 6.92 Å². The lowest BCUT2D eigenvalue weighted by Crippen LogP contribution is -2.17. The summed E-state index contributed by atoms with van der Waals surface area (Å²) in [5, 5.41) is 4.02. The van der Waals surface area contributed by atoms with Gasteiger partial charge in [0.15, 0.2) is 11.5 Å². The highest BCUT2D eigenvalue weighted by Crippen LogP contribution is 2.36. The molecule has 0 radical (unpaired) electrons. The number of hydrazone groups is 1. The van der Waals surface area contributed by atoms with Crippen LogP contribution in [0.25, 0.3) is 0 Å². The van der Waals surface area contributed by atoms with Crippen LogP contribution in [0.5, 0.6) is 17.2 Å². The molecule has 0 bridgehead atoms. The average Bonchev–Trinajstić information content (AvgIpc) is 2.68. The minimum Gasteiger partial charge on any atom is -0.494 e. The van der Waals surface area contributed by atoms with Crippen LogP contribution in [0, 0.1) is 0 Å². The first-order chi connectivity index (χ1) is 13.4. The topological polar surface area (TPSA) is 69.2 Å². The third kappa shape index (κ3) is 6.27. The first kappa shape index (κ1) is 21.8. The van der Waals surface area contributed by atoms with Gasteiger partial charge in [0.25, 0.3) is 5.91 Å². The lowest BCUT2D eigenvalue weighted by atomic mass is 10.2. The molecule has 0 aliphatic rings. The number of methoxy groups -OCH3 is 1. The smallest absolute Gasteiger partial charge is 0.271 e. The number of carbonyl (C=O) groups is 1. The highest BCUT2D eigenvalue weighted by atomic mass is 79.9. The number of ether oxygens (including phenoxy) is 3. The van der Waals surface area contributed by atoms with Gasteiger partial charge in [-0.05, 0) is 78.2 Å². The van der Waals surface area contributed by atoms with Crippen molar-refractivity contribution in [2.75, 3.05) is 13.7 Å². The third-order valence-corrected chi connectivity index (χ3v) is 4.16. The molecule has 1 amide bonds.